The number of nitrogens with one attached hydrogen (secondary N) is 2. The fraction of sp³-hybridized carbons (Fsp3) is 0.500. The molecule has 0 aliphatic heterocycles. The zero-order chi connectivity index (χ0) is 24.6. The van der Waals surface area contributed by atoms with Crippen LogP contribution in [0.15, 0.2) is 48.5 Å². The van der Waals surface area contributed by atoms with Crippen LogP contribution in [-0.4, -0.2) is 30.1 Å². The lowest BCUT2D eigenvalue weighted by Gasteiger charge is -2.23. The molecule has 3 unspecified atom stereocenters. The van der Waals surface area contributed by atoms with Crippen molar-refractivity contribution in [2.75, 3.05) is 7.05 Å². The van der Waals surface area contributed by atoms with Crippen molar-refractivity contribution in [3.63, 3.8) is 0 Å². The Kier molecular flexibility index (Phi) is 9.22. The minimum Gasteiger partial charge on any atom is -0.480 e. The van der Waals surface area contributed by atoms with Crippen LogP contribution in [0.5, 0.6) is 0 Å². The molecule has 34 heavy (non-hydrogen) atoms. The monoisotopic (exact) mass is 468 g/mol. The van der Waals surface area contributed by atoms with Crippen molar-refractivity contribution < 1.29 is 19.1 Å². The van der Waals surface area contributed by atoms with E-state index in [1.807, 2.05) is 30.3 Å². The summed E-state index contributed by atoms with van der Waals surface area (Å²) in [7, 11) is 1.43. The maximum Gasteiger partial charge on any atom is 0.319 e. The Balaban J connectivity index is 1.75. The maximum atomic E-state index is 15.4. The molecule has 2 aromatic rings. The van der Waals surface area contributed by atoms with Gasteiger partial charge < -0.3 is 10.4 Å². The van der Waals surface area contributed by atoms with Gasteiger partial charge in [0.1, 0.15) is 5.41 Å². The van der Waals surface area contributed by atoms with E-state index in [-0.39, 0.29) is 18.9 Å². The van der Waals surface area contributed by atoms with Gasteiger partial charge in [-0.1, -0.05) is 81.1 Å². The fourth-order valence-electron chi connectivity index (χ4n) is 5.02. The normalized spacial score (nSPS) is 20.7. The summed E-state index contributed by atoms with van der Waals surface area (Å²) in [4.78, 5) is 24.1. The third-order valence-corrected chi connectivity index (χ3v) is 7.02. The molecule has 1 saturated carbocycles. The molecule has 5 nitrogen and oxygen atoms in total. The Morgan fingerprint density at radius 1 is 1.12 bits per heavy atom. The first-order chi connectivity index (χ1) is 16.4. The molecule has 0 heterocycles. The average molecular weight is 469 g/mol. The second kappa shape index (κ2) is 12.1. The van der Waals surface area contributed by atoms with Gasteiger partial charge in [0.2, 0.25) is 5.91 Å². The van der Waals surface area contributed by atoms with E-state index in [0.29, 0.717) is 12.0 Å². The number of carboxylic acids is 1. The summed E-state index contributed by atoms with van der Waals surface area (Å²) >= 11 is 0. The van der Waals surface area contributed by atoms with E-state index in [1.165, 1.54) is 26.3 Å². The van der Waals surface area contributed by atoms with Gasteiger partial charge in [-0.2, -0.15) is 0 Å². The molecule has 0 radical (unpaired) electrons. The fourth-order valence-corrected chi connectivity index (χ4v) is 5.02. The Labute approximate surface area is 202 Å². The standard InChI is InChI=1S/C28H37FN2O3/c1-3-4-5-6-8-13-21-18-22(14-15-24(21)20-11-9-7-10-12-20)25(29)31-23-16-17-28(19-23,27(33)34)26(32)30-2/h7,9-12,14-15,18,23,25,31H,3-6,8,13,16-17,19H2,1-2H3,(H,30,32)(H,33,34). The Morgan fingerprint density at radius 2 is 1.85 bits per heavy atom. The first-order valence-electron chi connectivity index (χ1n) is 12.4. The number of benzene rings is 2. The van der Waals surface area contributed by atoms with Gasteiger partial charge in [0.15, 0.2) is 6.30 Å². The predicted octanol–water partition coefficient (Wildman–Crippen LogP) is 5.79. The van der Waals surface area contributed by atoms with Crippen molar-refractivity contribution in [2.24, 2.45) is 5.41 Å². The van der Waals surface area contributed by atoms with Gasteiger partial charge in [-0.15, -0.1) is 0 Å². The zero-order valence-corrected chi connectivity index (χ0v) is 20.3. The molecule has 2 aromatic carbocycles. The van der Waals surface area contributed by atoms with Crippen molar-refractivity contribution in [3.8, 4) is 11.1 Å². The highest BCUT2D eigenvalue weighted by Crippen LogP contribution is 2.40. The quantitative estimate of drug-likeness (QED) is 0.209. The highest BCUT2D eigenvalue weighted by molar-refractivity contribution is 6.02. The van der Waals surface area contributed by atoms with Crippen LogP contribution >= 0.6 is 0 Å². The largest absolute Gasteiger partial charge is 0.480 e. The van der Waals surface area contributed by atoms with Gasteiger partial charge in [-0.25, -0.2) is 4.39 Å². The third kappa shape index (κ3) is 6.03. The molecular formula is C28H37FN2O3. The molecule has 0 bridgehead atoms. The SMILES string of the molecule is CCCCCCCc1cc(C(F)NC2CCC(C(=O)O)(C(=O)NC)C2)ccc1-c1ccccc1. The van der Waals surface area contributed by atoms with Gasteiger partial charge >= 0.3 is 5.97 Å². The van der Waals surface area contributed by atoms with Crippen LogP contribution in [0, 0.1) is 5.41 Å². The van der Waals surface area contributed by atoms with Crippen molar-refractivity contribution in [1.82, 2.24) is 10.6 Å². The lowest BCUT2D eigenvalue weighted by Crippen LogP contribution is -2.45. The number of alkyl halides is 1. The smallest absolute Gasteiger partial charge is 0.319 e. The van der Waals surface area contributed by atoms with Crippen LogP contribution < -0.4 is 10.6 Å². The van der Waals surface area contributed by atoms with Crippen LogP contribution in [0.1, 0.15) is 75.7 Å². The molecule has 0 aromatic heterocycles. The van der Waals surface area contributed by atoms with E-state index < -0.39 is 23.6 Å². The van der Waals surface area contributed by atoms with Crippen molar-refractivity contribution in [1.29, 1.82) is 0 Å². The number of aryl methyl sites for hydroxylation is 1. The Hall–Kier alpha value is -2.73. The first-order valence-corrected chi connectivity index (χ1v) is 12.4. The number of halogens is 1. The third-order valence-electron chi connectivity index (χ3n) is 7.02. The van der Waals surface area contributed by atoms with E-state index in [4.69, 9.17) is 0 Å². The molecule has 6 heteroatoms. The number of carbonyl (C=O) groups excluding carboxylic acids is 1. The highest BCUT2D eigenvalue weighted by Gasteiger charge is 2.51. The van der Waals surface area contributed by atoms with Gasteiger partial charge in [0, 0.05) is 18.7 Å². The Bertz CT molecular complexity index is 965. The number of carbonyl (C=O) groups is 2. The van der Waals surface area contributed by atoms with Crippen LogP contribution in [0.25, 0.3) is 11.1 Å². The van der Waals surface area contributed by atoms with E-state index in [2.05, 4.69) is 29.7 Å². The van der Waals surface area contributed by atoms with E-state index >= 15 is 4.39 Å². The summed E-state index contributed by atoms with van der Waals surface area (Å²) in [6.07, 6.45) is 6.03. The van der Waals surface area contributed by atoms with Gasteiger partial charge in [0.25, 0.3) is 0 Å². The summed E-state index contributed by atoms with van der Waals surface area (Å²) in [5.74, 6) is -1.67. The van der Waals surface area contributed by atoms with Gasteiger partial charge in [-0.05, 0) is 48.8 Å². The molecule has 1 fully saturated rings. The molecule has 0 spiro atoms. The maximum absolute atomic E-state index is 15.4. The molecule has 1 aliphatic carbocycles. The number of rotatable bonds is 12. The average Bonchev–Trinajstić information content (AvgIpc) is 3.29. The number of hydrogen-bond donors (Lipinski definition) is 3. The number of unbranched alkanes of at least 4 members (excludes halogenated alkanes) is 4. The number of hydrogen-bond acceptors (Lipinski definition) is 3. The molecule has 3 atom stereocenters. The van der Waals surface area contributed by atoms with E-state index in [9.17, 15) is 14.7 Å². The minimum absolute atomic E-state index is 0.0782. The molecule has 1 aliphatic rings. The summed E-state index contributed by atoms with van der Waals surface area (Å²) in [5.41, 5.74) is 2.41. The van der Waals surface area contributed by atoms with Crippen LogP contribution in [0.3, 0.4) is 0 Å². The molecular weight excluding hydrogens is 431 g/mol. The van der Waals surface area contributed by atoms with E-state index in [1.54, 1.807) is 6.07 Å². The van der Waals surface area contributed by atoms with Crippen LogP contribution in [0.2, 0.25) is 0 Å². The molecule has 1 amide bonds. The topological polar surface area (TPSA) is 78.4 Å². The molecule has 3 rings (SSSR count). The van der Waals surface area contributed by atoms with Crippen molar-refractivity contribution >= 4 is 11.9 Å². The molecule has 3 N–H and O–H groups in total. The van der Waals surface area contributed by atoms with Gasteiger partial charge in [-0.3, -0.25) is 14.9 Å². The van der Waals surface area contributed by atoms with Crippen molar-refractivity contribution in [2.45, 2.75) is 77.0 Å². The predicted molar refractivity (Wildman–Crippen MR) is 133 cm³/mol. The van der Waals surface area contributed by atoms with Gasteiger partial charge in [0.05, 0.1) is 0 Å². The Morgan fingerprint density at radius 3 is 2.53 bits per heavy atom. The van der Waals surface area contributed by atoms with Crippen molar-refractivity contribution in [3.05, 3.63) is 59.7 Å². The minimum atomic E-state index is -1.49. The number of carboxylic acid groups (broad SMARTS) is 1. The summed E-state index contributed by atoms with van der Waals surface area (Å²) in [6.45, 7) is 2.20. The second-order valence-corrected chi connectivity index (χ2v) is 9.38. The summed E-state index contributed by atoms with van der Waals surface area (Å²) in [6, 6.07) is 15.5. The number of aliphatic carboxylic acids is 1. The zero-order valence-electron chi connectivity index (χ0n) is 20.3. The lowest BCUT2D eigenvalue weighted by atomic mass is 9.85. The van der Waals surface area contributed by atoms with Crippen LogP contribution in [0.4, 0.5) is 4.39 Å². The first kappa shape index (κ1) is 25.9. The molecule has 0 saturated heterocycles. The number of amides is 1. The molecule has 184 valence electrons. The lowest BCUT2D eigenvalue weighted by molar-refractivity contribution is -0.155. The second-order valence-electron chi connectivity index (χ2n) is 9.38. The van der Waals surface area contributed by atoms with Crippen LogP contribution in [-0.2, 0) is 16.0 Å². The summed E-state index contributed by atoms with van der Waals surface area (Å²) in [5, 5.41) is 15.1. The highest BCUT2D eigenvalue weighted by atomic mass is 19.1. The summed E-state index contributed by atoms with van der Waals surface area (Å²) < 4.78 is 15.4. The van der Waals surface area contributed by atoms with E-state index in [0.717, 1.165) is 36.0 Å².